The predicted molar refractivity (Wildman–Crippen MR) is 142 cm³/mol. The monoisotopic (exact) mass is 490 g/mol. The second-order valence-corrected chi connectivity index (χ2v) is 8.90. The Bertz CT molecular complexity index is 1500. The number of ether oxygens (including phenoxy) is 2. The van der Waals surface area contributed by atoms with Crippen LogP contribution < -0.4 is 9.47 Å². The number of benzene rings is 4. The summed E-state index contributed by atoms with van der Waals surface area (Å²) in [6.07, 6.45) is 0. The van der Waals surface area contributed by atoms with Gasteiger partial charge in [-0.15, -0.1) is 0 Å². The van der Waals surface area contributed by atoms with E-state index in [1.807, 2.05) is 54.6 Å². The molecule has 2 N–H and O–H groups in total. The van der Waals surface area contributed by atoms with Crippen LogP contribution in [-0.4, -0.2) is 46.6 Å². The van der Waals surface area contributed by atoms with Crippen LogP contribution in [0.1, 0.15) is 22.4 Å². The first kappa shape index (κ1) is 23.2. The predicted octanol–water partition coefficient (Wildman–Crippen LogP) is 4.74. The molecule has 1 aliphatic rings. The van der Waals surface area contributed by atoms with E-state index < -0.39 is 5.41 Å². The van der Waals surface area contributed by atoms with Crippen molar-refractivity contribution in [1.29, 1.82) is 0 Å². The second-order valence-electron chi connectivity index (χ2n) is 8.90. The lowest BCUT2D eigenvalue weighted by atomic mass is 9.69. The van der Waals surface area contributed by atoms with Gasteiger partial charge < -0.3 is 19.7 Å². The number of para-hydroxylation sites is 2. The van der Waals surface area contributed by atoms with Gasteiger partial charge >= 0.3 is 0 Å². The van der Waals surface area contributed by atoms with Crippen molar-refractivity contribution in [2.24, 2.45) is 0 Å². The smallest absolute Gasteiger partial charge is 0.119 e. The quantitative estimate of drug-likeness (QED) is 0.321. The Morgan fingerprint density at radius 1 is 0.595 bits per heavy atom. The van der Waals surface area contributed by atoms with Crippen LogP contribution in [0.4, 0.5) is 0 Å². The molecule has 0 aliphatic heterocycles. The van der Waals surface area contributed by atoms with Crippen LogP contribution in [0.3, 0.4) is 0 Å². The average Bonchev–Trinajstić information content (AvgIpc) is 3.24. The van der Waals surface area contributed by atoms with Crippen LogP contribution in [-0.2, 0) is 5.41 Å². The minimum absolute atomic E-state index is 0.0419. The minimum Gasteiger partial charge on any atom is -0.491 e. The zero-order chi connectivity index (χ0) is 25.2. The fourth-order valence-electron chi connectivity index (χ4n) is 5.27. The third-order valence-corrected chi connectivity index (χ3v) is 6.81. The van der Waals surface area contributed by atoms with E-state index >= 15 is 0 Å². The molecular weight excluding hydrogens is 464 g/mol. The summed E-state index contributed by atoms with van der Waals surface area (Å²) < 4.78 is 11.3. The molecule has 0 bridgehead atoms. The molecule has 6 rings (SSSR count). The van der Waals surface area contributed by atoms with Crippen LogP contribution in [0, 0.1) is 0 Å². The van der Waals surface area contributed by atoms with Crippen molar-refractivity contribution in [3.05, 3.63) is 119 Å². The van der Waals surface area contributed by atoms with Gasteiger partial charge in [-0.1, -0.05) is 60.7 Å². The summed E-state index contributed by atoms with van der Waals surface area (Å²) in [7, 11) is 0. The van der Waals surface area contributed by atoms with E-state index in [2.05, 4.69) is 42.5 Å². The summed E-state index contributed by atoms with van der Waals surface area (Å²) in [6.45, 7) is 0.394. The highest BCUT2D eigenvalue weighted by Crippen LogP contribution is 2.55. The van der Waals surface area contributed by atoms with Crippen molar-refractivity contribution >= 4 is 11.0 Å². The first-order chi connectivity index (χ1) is 18.3. The topological polar surface area (TPSA) is 84.7 Å². The van der Waals surface area contributed by atoms with E-state index in [1.54, 1.807) is 0 Å². The lowest BCUT2D eigenvalue weighted by Gasteiger charge is -2.32. The molecular formula is C31H26N2O4. The number of aliphatic hydroxyl groups excluding tert-OH is 2. The molecule has 0 unspecified atom stereocenters. The number of hydrogen-bond acceptors (Lipinski definition) is 6. The number of fused-ring (bicyclic) bond motifs is 4. The number of rotatable bonds is 8. The molecule has 184 valence electrons. The van der Waals surface area contributed by atoms with Gasteiger partial charge in [0.15, 0.2) is 0 Å². The highest BCUT2D eigenvalue weighted by Gasteiger charge is 2.48. The maximum Gasteiger partial charge on any atom is 0.119 e. The Morgan fingerprint density at radius 2 is 1.11 bits per heavy atom. The lowest BCUT2D eigenvalue weighted by Crippen LogP contribution is -2.29. The molecule has 0 fully saturated rings. The Balaban J connectivity index is 1.63. The van der Waals surface area contributed by atoms with E-state index in [4.69, 9.17) is 29.7 Å². The van der Waals surface area contributed by atoms with Crippen LogP contribution in [0.2, 0.25) is 0 Å². The highest BCUT2D eigenvalue weighted by atomic mass is 16.5. The summed E-state index contributed by atoms with van der Waals surface area (Å²) >= 11 is 0. The molecule has 37 heavy (non-hydrogen) atoms. The molecule has 0 spiro atoms. The lowest BCUT2D eigenvalue weighted by molar-refractivity contribution is 0.201. The van der Waals surface area contributed by atoms with Crippen LogP contribution in [0.25, 0.3) is 22.3 Å². The summed E-state index contributed by atoms with van der Waals surface area (Å²) in [5.74, 6) is 1.38. The number of aliphatic hydroxyl groups is 2. The van der Waals surface area contributed by atoms with Gasteiger partial charge in [0, 0.05) is 5.56 Å². The van der Waals surface area contributed by atoms with E-state index in [0.29, 0.717) is 11.5 Å². The summed E-state index contributed by atoms with van der Waals surface area (Å²) in [5, 5.41) is 18.3. The fourth-order valence-corrected chi connectivity index (χ4v) is 5.27. The first-order valence-electron chi connectivity index (χ1n) is 12.3. The zero-order valence-electron chi connectivity index (χ0n) is 20.2. The Morgan fingerprint density at radius 3 is 1.68 bits per heavy atom. The highest BCUT2D eigenvalue weighted by molar-refractivity contribution is 5.87. The van der Waals surface area contributed by atoms with Crippen LogP contribution in [0.15, 0.2) is 97.1 Å². The molecule has 6 nitrogen and oxygen atoms in total. The van der Waals surface area contributed by atoms with Gasteiger partial charge in [0.05, 0.1) is 41.1 Å². The van der Waals surface area contributed by atoms with E-state index in [0.717, 1.165) is 44.7 Å². The molecule has 0 saturated carbocycles. The Kier molecular flexibility index (Phi) is 6.04. The maximum absolute atomic E-state index is 9.16. The third-order valence-electron chi connectivity index (χ3n) is 6.81. The summed E-state index contributed by atoms with van der Waals surface area (Å²) in [6, 6.07) is 32.3. The third kappa shape index (κ3) is 3.82. The number of hydrogen-bond donors (Lipinski definition) is 2. The first-order valence-corrected chi connectivity index (χ1v) is 12.3. The molecule has 6 heteroatoms. The molecule has 1 aromatic heterocycles. The van der Waals surface area contributed by atoms with Crippen molar-refractivity contribution in [2.45, 2.75) is 5.41 Å². The summed E-state index contributed by atoms with van der Waals surface area (Å²) in [4.78, 5) is 10.3. The standard InChI is InChI=1S/C31H26N2O4/c34-17-19-36-23-13-9-21(10-14-23)31(22-11-15-24(16-12-22)37-20-18-35)26-6-2-1-5-25(26)29-30(31)33-28-8-4-3-7-27(28)32-29/h1-16,34-35H,17-20H2. The SMILES string of the molecule is OCCOc1ccc(C2(c3ccc(OCCO)cc3)c3ccccc3-c3nc4ccccc4nc32)cc1. The molecule has 1 heterocycles. The van der Waals surface area contributed by atoms with Crippen molar-refractivity contribution in [2.75, 3.05) is 26.4 Å². The van der Waals surface area contributed by atoms with Crippen LogP contribution >= 0.6 is 0 Å². The molecule has 0 atom stereocenters. The molecule has 1 aliphatic carbocycles. The second kappa shape index (κ2) is 9.65. The van der Waals surface area contributed by atoms with E-state index in [1.165, 1.54) is 0 Å². The Hall–Kier alpha value is -4.26. The molecule has 0 amide bonds. The average molecular weight is 491 g/mol. The van der Waals surface area contributed by atoms with Crippen molar-refractivity contribution in [3.8, 4) is 22.8 Å². The molecule has 0 radical (unpaired) electrons. The Labute approximate surface area is 214 Å². The maximum atomic E-state index is 9.16. The van der Waals surface area contributed by atoms with Crippen molar-refractivity contribution in [3.63, 3.8) is 0 Å². The van der Waals surface area contributed by atoms with Crippen molar-refractivity contribution in [1.82, 2.24) is 9.97 Å². The normalized spacial score (nSPS) is 13.2. The van der Waals surface area contributed by atoms with E-state index in [9.17, 15) is 0 Å². The number of aromatic nitrogens is 2. The van der Waals surface area contributed by atoms with Crippen molar-refractivity contribution < 1.29 is 19.7 Å². The summed E-state index contributed by atoms with van der Waals surface area (Å²) in [5.41, 5.74) is 6.94. The largest absolute Gasteiger partial charge is 0.491 e. The van der Waals surface area contributed by atoms with Crippen LogP contribution in [0.5, 0.6) is 11.5 Å². The fraction of sp³-hybridized carbons (Fsp3) is 0.161. The van der Waals surface area contributed by atoms with Gasteiger partial charge in [0.25, 0.3) is 0 Å². The van der Waals surface area contributed by atoms with Gasteiger partial charge in [-0.2, -0.15) is 0 Å². The van der Waals surface area contributed by atoms with Gasteiger partial charge in [0.2, 0.25) is 0 Å². The molecule has 4 aromatic carbocycles. The van der Waals surface area contributed by atoms with Gasteiger partial charge in [-0.3, -0.25) is 0 Å². The van der Waals surface area contributed by atoms with E-state index in [-0.39, 0.29) is 26.4 Å². The zero-order valence-corrected chi connectivity index (χ0v) is 20.2. The van der Waals surface area contributed by atoms with Gasteiger partial charge in [0.1, 0.15) is 24.7 Å². The molecule has 5 aromatic rings. The molecule has 0 saturated heterocycles. The van der Waals surface area contributed by atoms with Gasteiger partial charge in [-0.25, -0.2) is 9.97 Å². The minimum atomic E-state index is -0.714. The number of nitrogens with zero attached hydrogens (tertiary/aromatic N) is 2. The van der Waals surface area contributed by atoms with Gasteiger partial charge in [-0.05, 0) is 53.1 Å².